The number of methoxy groups -OCH3 is 1. The first kappa shape index (κ1) is 41.8. The first-order valence-electron chi connectivity index (χ1n) is 20.0. The normalized spacial score (nSPS) is 27.3. The van der Waals surface area contributed by atoms with Crippen LogP contribution >= 0.6 is 0 Å². The van der Waals surface area contributed by atoms with Gasteiger partial charge in [-0.15, -0.1) is 0 Å². The van der Waals surface area contributed by atoms with Crippen molar-refractivity contribution in [2.24, 2.45) is 0 Å². The van der Waals surface area contributed by atoms with Crippen LogP contribution in [0.15, 0.2) is 152 Å². The highest BCUT2D eigenvalue weighted by atomic mass is 16.7. The van der Waals surface area contributed by atoms with Crippen LogP contribution in [0, 0.1) is 0 Å². The molecule has 0 aromatic heterocycles. The summed E-state index contributed by atoms with van der Waals surface area (Å²) in [6.45, 7) is 1.42. The van der Waals surface area contributed by atoms with Crippen LogP contribution in [-0.4, -0.2) is 85.2 Å². The lowest BCUT2D eigenvalue weighted by Crippen LogP contribution is -2.65. The molecule has 1 saturated carbocycles. The van der Waals surface area contributed by atoms with Gasteiger partial charge < -0.3 is 48.1 Å². The molecule has 1 aliphatic heterocycles. The molecule has 2 N–H and O–H groups in total. The van der Waals surface area contributed by atoms with Gasteiger partial charge in [-0.3, -0.25) is 0 Å². The van der Waals surface area contributed by atoms with Crippen LogP contribution in [0.3, 0.4) is 0 Å². The highest BCUT2D eigenvalue weighted by Gasteiger charge is 2.53. The second kappa shape index (κ2) is 21.6. The molecule has 0 bridgehead atoms. The van der Waals surface area contributed by atoms with Gasteiger partial charge in [0.2, 0.25) is 0 Å². The number of hydrogen-bond acceptors (Lipinski definition) is 10. The summed E-state index contributed by atoms with van der Waals surface area (Å²) in [5.41, 5.74) is 4.82. The zero-order valence-electron chi connectivity index (χ0n) is 32.8. The van der Waals surface area contributed by atoms with Gasteiger partial charge >= 0.3 is 0 Å². The van der Waals surface area contributed by atoms with E-state index in [1.165, 1.54) is 7.11 Å². The summed E-state index contributed by atoms with van der Waals surface area (Å²) < 4.78 is 52.0. The molecular formula is C48H54O10. The zero-order chi connectivity index (χ0) is 39.9. The van der Waals surface area contributed by atoms with Crippen LogP contribution in [0.2, 0.25) is 0 Å². The molecule has 2 aliphatic rings. The van der Waals surface area contributed by atoms with Gasteiger partial charge in [0.1, 0.15) is 42.7 Å². The van der Waals surface area contributed by atoms with Crippen molar-refractivity contribution in [1.29, 1.82) is 0 Å². The minimum absolute atomic E-state index is 0.110. The molecule has 1 heterocycles. The van der Waals surface area contributed by atoms with E-state index in [1.54, 1.807) is 0 Å². The van der Waals surface area contributed by atoms with Gasteiger partial charge in [0, 0.05) is 13.5 Å². The zero-order valence-corrected chi connectivity index (χ0v) is 32.8. The highest BCUT2D eigenvalue weighted by molar-refractivity contribution is 5.17. The molecule has 10 heteroatoms. The Morgan fingerprint density at radius 2 is 0.879 bits per heavy atom. The molecule has 58 heavy (non-hydrogen) atoms. The van der Waals surface area contributed by atoms with Gasteiger partial charge in [-0.1, -0.05) is 152 Å². The van der Waals surface area contributed by atoms with Gasteiger partial charge in [-0.05, 0) is 27.8 Å². The minimum Gasteiger partial charge on any atom is -0.390 e. The Labute approximate surface area is 341 Å². The Morgan fingerprint density at radius 1 is 0.483 bits per heavy atom. The third-order valence-electron chi connectivity index (χ3n) is 10.6. The molecule has 1 aliphatic carbocycles. The Bertz CT molecular complexity index is 1870. The molecule has 2 fully saturated rings. The monoisotopic (exact) mass is 790 g/mol. The molecule has 10 nitrogen and oxygen atoms in total. The standard InChI is InChI=1S/C48H54O10/c1-51-48-42(50)46(55-31-37-23-13-5-14-24-37)45(41(58-48)33-52-28-34-17-7-2-8-18-34)57-40-27-39(49)43(53-29-35-19-9-3-10-20-35)47(56-32-38-25-15-6-16-26-38)44(40)54-30-36-21-11-4-12-22-36/h2-26,39-50H,27-33H2,1H3/t39-,40-,41+,42+,43+,44-,45+,46+,47-,48-/m0/s1. The predicted molar refractivity (Wildman–Crippen MR) is 217 cm³/mol. The fraction of sp³-hybridized carbons (Fsp3) is 0.375. The van der Waals surface area contributed by atoms with Crippen LogP contribution < -0.4 is 0 Å². The topological polar surface area (TPSA) is 114 Å². The summed E-state index contributed by atoms with van der Waals surface area (Å²) in [4.78, 5) is 0. The van der Waals surface area contributed by atoms with Crippen molar-refractivity contribution in [1.82, 2.24) is 0 Å². The Kier molecular flexibility index (Phi) is 15.6. The second-order valence-electron chi connectivity index (χ2n) is 14.8. The van der Waals surface area contributed by atoms with Crippen molar-refractivity contribution in [2.45, 2.75) is 101 Å². The lowest BCUT2D eigenvalue weighted by molar-refractivity contribution is -0.329. The largest absolute Gasteiger partial charge is 0.390 e. The molecular weight excluding hydrogens is 737 g/mol. The molecule has 10 atom stereocenters. The lowest BCUT2D eigenvalue weighted by atomic mass is 9.85. The summed E-state index contributed by atoms with van der Waals surface area (Å²) in [6, 6.07) is 49.2. The molecule has 0 radical (unpaired) electrons. The van der Waals surface area contributed by atoms with Crippen molar-refractivity contribution < 1.29 is 48.1 Å². The van der Waals surface area contributed by atoms with Crippen molar-refractivity contribution in [3.8, 4) is 0 Å². The Hall–Kier alpha value is -4.30. The van der Waals surface area contributed by atoms with Crippen LogP contribution in [0.1, 0.15) is 34.2 Å². The Morgan fingerprint density at radius 3 is 1.33 bits per heavy atom. The molecule has 0 spiro atoms. The Balaban J connectivity index is 1.21. The number of aliphatic hydroxyl groups excluding tert-OH is 2. The predicted octanol–water partition coefficient (Wildman–Crippen LogP) is 6.80. The maximum absolute atomic E-state index is 12.0. The minimum atomic E-state index is -1.21. The second-order valence-corrected chi connectivity index (χ2v) is 14.8. The van der Waals surface area contributed by atoms with E-state index in [4.69, 9.17) is 37.9 Å². The number of ether oxygens (including phenoxy) is 8. The van der Waals surface area contributed by atoms with E-state index in [0.717, 1.165) is 27.8 Å². The van der Waals surface area contributed by atoms with Crippen LogP contribution in [0.25, 0.3) is 0 Å². The van der Waals surface area contributed by atoms with E-state index in [2.05, 4.69) is 0 Å². The summed E-state index contributed by atoms with van der Waals surface area (Å²) in [7, 11) is 1.49. The number of hydrogen-bond donors (Lipinski definition) is 2. The van der Waals surface area contributed by atoms with Crippen molar-refractivity contribution in [3.63, 3.8) is 0 Å². The van der Waals surface area contributed by atoms with E-state index in [-0.39, 0.29) is 39.5 Å². The third-order valence-corrected chi connectivity index (χ3v) is 10.6. The van der Waals surface area contributed by atoms with E-state index >= 15 is 0 Å². The first-order valence-corrected chi connectivity index (χ1v) is 20.0. The molecule has 5 aromatic rings. The molecule has 0 unspecified atom stereocenters. The van der Waals surface area contributed by atoms with E-state index in [1.807, 2.05) is 152 Å². The van der Waals surface area contributed by atoms with Gasteiger partial charge in [0.05, 0.1) is 51.8 Å². The van der Waals surface area contributed by atoms with Crippen LogP contribution in [0.4, 0.5) is 0 Å². The maximum Gasteiger partial charge on any atom is 0.186 e. The van der Waals surface area contributed by atoms with E-state index in [0.29, 0.717) is 6.61 Å². The van der Waals surface area contributed by atoms with Gasteiger partial charge in [0.15, 0.2) is 6.29 Å². The highest BCUT2D eigenvalue weighted by Crippen LogP contribution is 2.36. The smallest absolute Gasteiger partial charge is 0.186 e. The lowest BCUT2D eigenvalue weighted by Gasteiger charge is -2.49. The van der Waals surface area contributed by atoms with Crippen LogP contribution in [-0.2, 0) is 70.9 Å². The average Bonchev–Trinajstić information content (AvgIpc) is 3.27. The van der Waals surface area contributed by atoms with Gasteiger partial charge in [-0.25, -0.2) is 0 Å². The molecule has 306 valence electrons. The molecule has 5 aromatic carbocycles. The fourth-order valence-electron chi connectivity index (χ4n) is 7.57. The van der Waals surface area contributed by atoms with Gasteiger partial charge in [0.25, 0.3) is 0 Å². The number of aliphatic hydroxyl groups is 2. The number of rotatable bonds is 19. The fourth-order valence-corrected chi connectivity index (χ4v) is 7.57. The summed E-state index contributed by atoms with van der Waals surface area (Å²) in [6.07, 6.45) is -8.60. The maximum atomic E-state index is 12.0. The summed E-state index contributed by atoms with van der Waals surface area (Å²) in [5.74, 6) is 0. The third kappa shape index (κ3) is 11.5. The van der Waals surface area contributed by atoms with E-state index < -0.39 is 61.2 Å². The van der Waals surface area contributed by atoms with Crippen molar-refractivity contribution in [2.75, 3.05) is 13.7 Å². The summed E-state index contributed by atoms with van der Waals surface area (Å²) >= 11 is 0. The van der Waals surface area contributed by atoms with Crippen LogP contribution in [0.5, 0.6) is 0 Å². The van der Waals surface area contributed by atoms with Gasteiger partial charge in [-0.2, -0.15) is 0 Å². The average molecular weight is 791 g/mol. The molecule has 7 rings (SSSR count). The first-order chi connectivity index (χ1) is 28.6. The van der Waals surface area contributed by atoms with Crippen molar-refractivity contribution in [3.05, 3.63) is 179 Å². The quantitative estimate of drug-likeness (QED) is 0.0927. The molecule has 0 amide bonds. The SMILES string of the molecule is CO[C@H]1O[C@H](COCc2ccccc2)[C@@H](O[C@H]2C[C@H](O)[C@@H](OCc3ccccc3)[C@H](OCc3ccccc3)[C@H]2OCc2ccccc2)[C@H](OCc2ccccc2)[C@H]1O. The number of benzene rings is 5. The van der Waals surface area contributed by atoms with Crippen molar-refractivity contribution >= 4 is 0 Å². The summed E-state index contributed by atoms with van der Waals surface area (Å²) in [5, 5.41) is 23.8. The molecule has 1 saturated heterocycles. The van der Waals surface area contributed by atoms with E-state index in [9.17, 15) is 10.2 Å².